The molecular formula is C18H21N3O3. The zero-order chi connectivity index (χ0) is 17.1. The molecule has 0 bridgehead atoms. The van der Waals surface area contributed by atoms with Crippen LogP contribution in [0.25, 0.3) is 0 Å². The number of aromatic amines is 1. The lowest BCUT2D eigenvalue weighted by atomic mass is 10.0. The fourth-order valence-electron chi connectivity index (χ4n) is 2.97. The SMILES string of the molecule is CC(C)c1[nH]ncc1C(=O)OCC(=O)N1CCCc2ccccc21. The molecule has 126 valence electrons. The Morgan fingerprint density at radius 2 is 2.12 bits per heavy atom. The molecule has 1 amide bonds. The third-order valence-corrected chi connectivity index (χ3v) is 4.20. The van der Waals surface area contributed by atoms with E-state index in [9.17, 15) is 9.59 Å². The molecule has 0 saturated carbocycles. The third kappa shape index (κ3) is 3.18. The molecule has 0 atom stereocenters. The highest BCUT2D eigenvalue weighted by molar-refractivity contribution is 5.98. The first kappa shape index (κ1) is 16.2. The van der Waals surface area contributed by atoms with Crippen LogP contribution >= 0.6 is 0 Å². The number of carbonyl (C=O) groups excluding carboxylic acids is 2. The van der Waals surface area contributed by atoms with Crippen LogP contribution in [0.1, 0.15) is 47.8 Å². The van der Waals surface area contributed by atoms with E-state index < -0.39 is 5.97 Å². The number of carbonyl (C=O) groups is 2. The minimum Gasteiger partial charge on any atom is -0.452 e. The highest BCUT2D eigenvalue weighted by atomic mass is 16.5. The summed E-state index contributed by atoms with van der Waals surface area (Å²) in [7, 11) is 0. The maximum atomic E-state index is 12.5. The molecule has 0 unspecified atom stereocenters. The van der Waals surface area contributed by atoms with Crippen LogP contribution in [0, 0.1) is 0 Å². The van der Waals surface area contributed by atoms with Crippen LogP contribution in [-0.4, -0.2) is 35.2 Å². The Morgan fingerprint density at radius 3 is 2.92 bits per heavy atom. The summed E-state index contributed by atoms with van der Waals surface area (Å²) in [5.41, 5.74) is 3.17. The van der Waals surface area contributed by atoms with Crippen molar-refractivity contribution in [2.45, 2.75) is 32.6 Å². The van der Waals surface area contributed by atoms with Crippen LogP contribution in [0.4, 0.5) is 5.69 Å². The van der Waals surface area contributed by atoms with Gasteiger partial charge < -0.3 is 9.64 Å². The Labute approximate surface area is 140 Å². The van der Waals surface area contributed by atoms with E-state index in [0.717, 1.165) is 29.8 Å². The number of nitrogens with one attached hydrogen (secondary N) is 1. The summed E-state index contributed by atoms with van der Waals surface area (Å²) in [5.74, 6) is -0.601. The van der Waals surface area contributed by atoms with Crippen molar-refractivity contribution >= 4 is 17.6 Å². The Morgan fingerprint density at radius 1 is 1.33 bits per heavy atom. The summed E-state index contributed by atoms with van der Waals surface area (Å²) < 4.78 is 5.22. The van der Waals surface area contributed by atoms with Crippen molar-refractivity contribution in [1.29, 1.82) is 0 Å². The molecule has 6 nitrogen and oxygen atoms in total. The van der Waals surface area contributed by atoms with Crippen LogP contribution < -0.4 is 4.90 Å². The van der Waals surface area contributed by atoms with Crippen molar-refractivity contribution in [3.8, 4) is 0 Å². The molecule has 3 rings (SSSR count). The number of anilines is 1. The quantitative estimate of drug-likeness (QED) is 0.876. The second-order valence-electron chi connectivity index (χ2n) is 6.21. The summed E-state index contributed by atoms with van der Waals surface area (Å²) in [6.07, 6.45) is 3.32. The zero-order valence-electron chi connectivity index (χ0n) is 13.9. The maximum absolute atomic E-state index is 12.5. The number of benzene rings is 1. The third-order valence-electron chi connectivity index (χ3n) is 4.20. The lowest BCUT2D eigenvalue weighted by molar-refractivity contribution is -0.121. The van der Waals surface area contributed by atoms with Gasteiger partial charge in [0, 0.05) is 12.2 Å². The number of rotatable bonds is 4. The normalized spacial score (nSPS) is 13.7. The van der Waals surface area contributed by atoms with Crippen LogP contribution in [0.5, 0.6) is 0 Å². The molecule has 1 aromatic carbocycles. The second-order valence-corrected chi connectivity index (χ2v) is 6.21. The minimum atomic E-state index is -0.522. The molecular weight excluding hydrogens is 306 g/mol. The number of nitrogens with zero attached hydrogens (tertiary/aromatic N) is 2. The monoisotopic (exact) mass is 327 g/mol. The lowest BCUT2D eigenvalue weighted by Gasteiger charge is -2.29. The topological polar surface area (TPSA) is 75.3 Å². The Hall–Kier alpha value is -2.63. The molecule has 1 N–H and O–H groups in total. The summed E-state index contributed by atoms with van der Waals surface area (Å²) in [5, 5.41) is 6.69. The molecule has 2 heterocycles. The molecule has 1 aliphatic heterocycles. The van der Waals surface area contributed by atoms with E-state index in [4.69, 9.17) is 4.74 Å². The van der Waals surface area contributed by atoms with Gasteiger partial charge in [-0.15, -0.1) is 0 Å². The van der Waals surface area contributed by atoms with E-state index in [-0.39, 0.29) is 18.4 Å². The number of fused-ring (bicyclic) bond motifs is 1. The van der Waals surface area contributed by atoms with E-state index in [1.807, 2.05) is 38.1 Å². The molecule has 6 heteroatoms. The van der Waals surface area contributed by atoms with Gasteiger partial charge in [-0.1, -0.05) is 32.0 Å². The number of esters is 1. The number of hydrogen-bond donors (Lipinski definition) is 1. The van der Waals surface area contributed by atoms with Gasteiger partial charge in [0.15, 0.2) is 6.61 Å². The van der Waals surface area contributed by atoms with Gasteiger partial charge in [-0.2, -0.15) is 5.10 Å². The highest BCUT2D eigenvalue weighted by Gasteiger charge is 2.24. The molecule has 0 radical (unpaired) electrons. The standard InChI is InChI=1S/C18H21N3O3/c1-12(2)17-14(10-19-20-17)18(23)24-11-16(22)21-9-5-7-13-6-3-4-8-15(13)21/h3-4,6,8,10,12H,5,7,9,11H2,1-2H3,(H,19,20). The number of ether oxygens (including phenoxy) is 1. The molecule has 0 saturated heterocycles. The first-order valence-corrected chi connectivity index (χ1v) is 8.16. The summed E-state index contributed by atoms with van der Waals surface area (Å²) in [4.78, 5) is 26.4. The van der Waals surface area contributed by atoms with Gasteiger partial charge in [-0.25, -0.2) is 4.79 Å². The molecule has 1 aliphatic rings. The van der Waals surface area contributed by atoms with Crippen LogP contribution in [0.2, 0.25) is 0 Å². The van der Waals surface area contributed by atoms with Crippen LogP contribution in [0.3, 0.4) is 0 Å². The first-order chi connectivity index (χ1) is 11.6. The second kappa shape index (κ2) is 6.86. The van der Waals surface area contributed by atoms with E-state index in [0.29, 0.717) is 12.1 Å². The van der Waals surface area contributed by atoms with Gasteiger partial charge in [0.05, 0.1) is 11.9 Å². The number of hydrogen-bond acceptors (Lipinski definition) is 4. The van der Waals surface area contributed by atoms with Crippen molar-refractivity contribution in [3.63, 3.8) is 0 Å². The first-order valence-electron chi connectivity index (χ1n) is 8.16. The van der Waals surface area contributed by atoms with Crippen LogP contribution in [0.15, 0.2) is 30.5 Å². The molecule has 0 spiro atoms. The van der Waals surface area contributed by atoms with Crippen molar-refractivity contribution in [2.75, 3.05) is 18.1 Å². The molecule has 1 aromatic heterocycles. The van der Waals surface area contributed by atoms with Crippen molar-refractivity contribution in [2.24, 2.45) is 0 Å². The molecule has 0 aliphatic carbocycles. The number of H-pyrrole nitrogens is 1. The predicted molar refractivity (Wildman–Crippen MR) is 90.1 cm³/mol. The Bertz CT molecular complexity index is 751. The van der Waals surface area contributed by atoms with E-state index in [2.05, 4.69) is 10.2 Å². The average molecular weight is 327 g/mol. The highest BCUT2D eigenvalue weighted by Crippen LogP contribution is 2.26. The summed E-state index contributed by atoms with van der Waals surface area (Å²) >= 11 is 0. The van der Waals surface area contributed by atoms with Gasteiger partial charge in [-0.3, -0.25) is 9.89 Å². The van der Waals surface area contributed by atoms with E-state index in [1.165, 1.54) is 6.20 Å². The summed E-state index contributed by atoms with van der Waals surface area (Å²) in [6, 6.07) is 7.85. The van der Waals surface area contributed by atoms with Gasteiger partial charge in [0.2, 0.25) is 0 Å². The number of aryl methyl sites for hydroxylation is 1. The number of aromatic nitrogens is 2. The lowest BCUT2D eigenvalue weighted by Crippen LogP contribution is -2.38. The van der Waals surface area contributed by atoms with Crippen molar-refractivity contribution in [1.82, 2.24) is 10.2 Å². The largest absolute Gasteiger partial charge is 0.452 e. The molecule has 0 fully saturated rings. The number of para-hydroxylation sites is 1. The van der Waals surface area contributed by atoms with E-state index >= 15 is 0 Å². The van der Waals surface area contributed by atoms with Crippen molar-refractivity contribution < 1.29 is 14.3 Å². The van der Waals surface area contributed by atoms with Gasteiger partial charge >= 0.3 is 5.97 Å². The molecule has 24 heavy (non-hydrogen) atoms. The average Bonchev–Trinajstić information content (AvgIpc) is 3.09. The smallest absolute Gasteiger partial charge is 0.342 e. The Kier molecular flexibility index (Phi) is 4.64. The Balaban J connectivity index is 1.66. The van der Waals surface area contributed by atoms with Gasteiger partial charge in [0.25, 0.3) is 5.91 Å². The maximum Gasteiger partial charge on any atom is 0.342 e. The zero-order valence-corrected chi connectivity index (χ0v) is 13.9. The van der Waals surface area contributed by atoms with Gasteiger partial charge in [-0.05, 0) is 30.4 Å². The fraction of sp³-hybridized carbons (Fsp3) is 0.389. The summed E-state index contributed by atoms with van der Waals surface area (Å²) in [6.45, 7) is 4.30. The predicted octanol–water partition coefficient (Wildman–Crippen LogP) is 2.67. The molecule has 2 aromatic rings. The van der Waals surface area contributed by atoms with Crippen molar-refractivity contribution in [3.05, 3.63) is 47.3 Å². The van der Waals surface area contributed by atoms with E-state index in [1.54, 1.807) is 4.90 Å². The number of amides is 1. The fourth-order valence-corrected chi connectivity index (χ4v) is 2.97. The van der Waals surface area contributed by atoms with Gasteiger partial charge in [0.1, 0.15) is 5.56 Å². The van der Waals surface area contributed by atoms with Crippen LogP contribution in [-0.2, 0) is 16.0 Å². The minimum absolute atomic E-state index is 0.125.